The van der Waals surface area contributed by atoms with E-state index in [1.54, 1.807) is 6.07 Å². The van der Waals surface area contributed by atoms with Crippen LogP contribution in [0.2, 0.25) is 0 Å². The molecular weight excluding hydrogens is 450 g/mol. The van der Waals surface area contributed by atoms with E-state index in [4.69, 9.17) is 5.11 Å². The number of fused-ring (bicyclic) bond motifs is 1. The zero-order valence-corrected chi connectivity index (χ0v) is 18.8. The molecule has 0 bridgehead atoms. The number of aromatic amines is 2. The van der Waals surface area contributed by atoms with E-state index in [2.05, 4.69) is 56.6 Å². The van der Waals surface area contributed by atoms with Crippen LogP contribution in [0.3, 0.4) is 0 Å². The van der Waals surface area contributed by atoms with Crippen molar-refractivity contribution in [3.63, 3.8) is 0 Å². The maximum atomic E-state index is 10.8. The topological polar surface area (TPSA) is 132 Å². The molecule has 0 unspecified atom stereocenters. The van der Waals surface area contributed by atoms with Gasteiger partial charge in [-0.1, -0.05) is 54.3 Å². The fraction of sp³-hybridized carbons (Fsp3) is 0.0800. The molecule has 1 aliphatic carbocycles. The number of aliphatic carboxylic acids is 1. The Balaban J connectivity index is 1.53. The van der Waals surface area contributed by atoms with E-state index in [1.807, 2.05) is 36.5 Å². The molecule has 5 rings (SSSR count). The second-order valence-corrected chi connectivity index (χ2v) is 8.75. The smallest absolute Gasteiger partial charge is 0.313 e. The fourth-order valence-electron chi connectivity index (χ4n) is 3.96. The Labute approximate surface area is 199 Å². The lowest BCUT2D eigenvalue weighted by Gasteiger charge is -2.09. The summed E-state index contributed by atoms with van der Waals surface area (Å²) in [6.45, 7) is 0. The van der Waals surface area contributed by atoms with Crippen LogP contribution in [0.4, 0.5) is 5.69 Å². The molecule has 2 heterocycles. The minimum atomic E-state index is -0.930. The summed E-state index contributed by atoms with van der Waals surface area (Å²) in [7, 11) is 0. The first-order valence-electron chi connectivity index (χ1n) is 10.6. The van der Waals surface area contributed by atoms with Crippen molar-refractivity contribution < 1.29 is 20.6 Å². The number of carboxylic acid groups (broad SMARTS) is 1. The first-order valence-corrected chi connectivity index (χ1v) is 11.6. The van der Waals surface area contributed by atoms with Gasteiger partial charge in [0.2, 0.25) is 5.16 Å². The molecule has 0 radical (unpaired) electrons. The number of benzene rings is 2. The van der Waals surface area contributed by atoms with Gasteiger partial charge in [0.1, 0.15) is 0 Å². The zero-order chi connectivity index (χ0) is 23.5. The van der Waals surface area contributed by atoms with Crippen LogP contribution in [0.25, 0.3) is 33.4 Å². The van der Waals surface area contributed by atoms with E-state index < -0.39 is 5.97 Å². The minimum absolute atomic E-state index is 0.118. The summed E-state index contributed by atoms with van der Waals surface area (Å²) in [5, 5.41) is 27.1. The number of rotatable bonds is 7. The molecule has 0 saturated carbocycles. The molecule has 2 aromatic carbocycles. The number of nitrogens with two attached hydrogens (primary N) is 1. The lowest BCUT2D eigenvalue weighted by atomic mass is 9.95. The van der Waals surface area contributed by atoms with Crippen LogP contribution in [0, 0.1) is 0 Å². The largest absolute Gasteiger partial charge is 0.481 e. The summed E-state index contributed by atoms with van der Waals surface area (Å²) in [4.78, 5) is 18.6. The van der Waals surface area contributed by atoms with Gasteiger partial charge in [-0.3, -0.25) is 9.89 Å². The van der Waals surface area contributed by atoms with Crippen LogP contribution in [0.1, 0.15) is 11.5 Å². The van der Waals surface area contributed by atoms with Crippen LogP contribution < -0.4 is 5.48 Å². The molecule has 0 fully saturated rings. The van der Waals surface area contributed by atoms with Crippen molar-refractivity contribution >= 4 is 34.3 Å². The van der Waals surface area contributed by atoms with Crippen LogP contribution in [0.5, 0.6) is 0 Å². The summed E-state index contributed by atoms with van der Waals surface area (Å²) in [6.07, 6.45) is 14.5. The molecule has 0 amide bonds. The molecule has 2 aromatic heterocycles. The summed E-state index contributed by atoms with van der Waals surface area (Å²) in [6, 6.07) is 11.9. The van der Waals surface area contributed by atoms with E-state index in [-0.39, 0.29) is 11.7 Å². The van der Waals surface area contributed by atoms with Gasteiger partial charge in [0.25, 0.3) is 0 Å². The lowest BCUT2D eigenvalue weighted by Crippen LogP contribution is -2.73. The Morgan fingerprint density at radius 1 is 1.03 bits per heavy atom. The SMILES string of the molecule is O=C(O)CSc1n[nH]c(-c2cc([NH2+]O)cc(-c3ccc4[nH]cc(C5C=CC=CC=C5)c4c3)c2)n1. The molecule has 34 heavy (non-hydrogen) atoms. The van der Waals surface area contributed by atoms with Crippen molar-refractivity contribution in [2.24, 2.45) is 0 Å². The minimum Gasteiger partial charge on any atom is -0.481 e. The van der Waals surface area contributed by atoms with Gasteiger partial charge >= 0.3 is 5.97 Å². The lowest BCUT2D eigenvalue weighted by molar-refractivity contribution is -0.825. The van der Waals surface area contributed by atoms with Crippen molar-refractivity contribution in [2.45, 2.75) is 11.1 Å². The van der Waals surface area contributed by atoms with E-state index in [9.17, 15) is 10.0 Å². The molecule has 0 atom stereocenters. The summed E-state index contributed by atoms with van der Waals surface area (Å²) >= 11 is 1.04. The molecule has 9 heteroatoms. The number of carbonyl (C=O) groups is 1. The van der Waals surface area contributed by atoms with E-state index in [0.717, 1.165) is 44.8 Å². The molecule has 1 aliphatic rings. The number of nitrogens with one attached hydrogen (secondary N) is 2. The van der Waals surface area contributed by atoms with Crippen molar-refractivity contribution in [1.29, 1.82) is 0 Å². The predicted molar refractivity (Wildman–Crippen MR) is 131 cm³/mol. The molecule has 0 saturated heterocycles. The van der Waals surface area contributed by atoms with Crippen molar-refractivity contribution in [2.75, 3.05) is 5.75 Å². The molecule has 170 valence electrons. The zero-order valence-electron chi connectivity index (χ0n) is 18.0. The molecule has 8 nitrogen and oxygen atoms in total. The Bertz CT molecular complexity index is 1430. The first-order chi connectivity index (χ1) is 16.6. The third-order valence-electron chi connectivity index (χ3n) is 5.54. The number of carboxylic acids is 1. The Morgan fingerprint density at radius 2 is 1.82 bits per heavy atom. The number of H-pyrrole nitrogens is 2. The molecule has 0 spiro atoms. The van der Waals surface area contributed by atoms with Gasteiger partial charge in [0, 0.05) is 40.7 Å². The van der Waals surface area contributed by atoms with Crippen molar-refractivity contribution in [1.82, 2.24) is 20.2 Å². The van der Waals surface area contributed by atoms with Crippen LogP contribution in [0.15, 0.2) is 84.2 Å². The predicted octanol–water partition coefficient (Wildman–Crippen LogP) is 4.15. The highest BCUT2D eigenvalue weighted by molar-refractivity contribution is 7.99. The molecule has 6 N–H and O–H groups in total. The number of aromatic nitrogens is 4. The van der Waals surface area contributed by atoms with E-state index >= 15 is 0 Å². The average molecular weight is 473 g/mol. The molecular formula is C25H22N5O3S+. The van der Waals surface area contributed by atoms with E-state index in [0.29, 0.717) is 16.7 Å². The van der Waals surface area contributed by atoms with Gasteiger partial charge in [-0.2, -0.15) is 5.48 Å². The summed E-state index contributed by atoms with van der Waals surface area (Å²) in [5.74, 6) is -0.376. The molecule has 0 aliphatic heterocycles. The number of hydrogen-bond donors (Lipinski definition) is 5. The van der Waals surface area contributed by atoms with E-state index in [1.165, 1.54) is 5.56 Å². The fourth-order valence-corrected chi connectivity index (χ4v) is 4.48. The summed E-state index contributed by atoms with van der Waals surface area (Å²) in [5.41, 5.74) is 6.57. The third-order valence-corrected chi connectivity index (χ3v) is 6.38. The Hall–Kier alpha value is -3.92. The Kier molecular flexibility index (Phi) is 6.13. The van der Waals surface area contributed by atoms with Crippen molar-refractivity contribution in [3.05, 3.63) is 84.6 Å². The van der Waals surface area contributed by atoms with Crippen molar-refractivity contribution in [3.8, 4) is 22.5 Å². The van der Waals surface area contributed by atoms with Crippen LogP contribution in [-0.2, 0) is 4.79 Å². The highest BCUT2D eigenvalue weighted by Gasteiger charge is 2.15. The van der Waals surface area contributed by atoms with Gasteiger partial charge in [0.05, 0.1) is 5.75 Å². The highest BCUT2D eigenvalue weighted by atomic mass is 32.2. The maximum Gasteiger partial charge on any atom is 0.313 e. The van der Waals surface area contributed by atoms with Gasteiger partial charge in [0.15, 0.2) is 11.5 Å². The second-order valence-electron chi connectivity index (χ2n) is 7.81. The molecule has 4 aromatic rings. The van der Waals surface area contributed by atoms with Gasteiger partial charge < -0.3 is 10.1 Å². The number of thioether (sulfide) groups is 1. The van der Waals surface area contributed by atoms with Gasteiger partial charge in [-0.25, -0.2) is 10.2 Å². The second kappa shape index (κ2) is 9.52. The van der Waals surface area contributed by atoms with Crippen LogP contribution >= 0.6 is 11.8 Å². The maximum absolute atomic E-state index is 10.8. The monoisotopic (exact) mass is 472 g/mol. The quantitative estimate of drug-likeness (QED) is 0.156. The van der Waals surface area contributed by atoms with Gasteiger partial charge in [-0.05, 0) is 34.9 Å². The summed E-state index contributed by atoms with van der Waals surface area (Å²) < 4.78 is 0. The van der Waals surface area contributed by atoms with Gasteiger partial charge in [-0.15, -0.1) is 5.10 Å². The Morgan fingerprint density at radius 3 is 2.59 bits per heavy atom. The van der Waals surface area contributed by atoms with Crippen LogP contribution in [-0.4, -0.2) is 42.2 Å². The standard InChI is InChI=1S/C25H21N5O3S/c31-23(32)14-34-25-27-24(28-29-25)18-9-17(10-19(11-18)30-33)16-7-8-22-20(12-16)21(13-26-22)15-5-3-1-2-4-6-15/h1-13,15,26,30,33H,14H2,(H,31,32)(H,27,28,29)/p+1. The normalized spacial score (nSPS) is 13.6. The first kappa shape index (κ1) is 21.9. The number of nitrogens with zero attached hydrogens (tertiary/aromatic N) is 2. The number of allylic oxidation sites excluding steroid dienone is 6. The third kappa shape index (κ3) is 4.58. The highest BCUT2D eigenvalue weighted by Crippen LogP contribution is 2.34. The average Bonchev–Trinajstić information content (AvgIpc) is 3.42. The number of quaternary nitrogens is 1. The number of hydrogen-bond acceptors (Lipinski definition) is 5.